The zero-order chi connectivity index (χ0) is 25.3. The van der Waals surface area contributed by atoms with Gasteiger partial charge in [0, 0.05) is 38.6 Å². The van der Waals surface area contributed by atoms with Crippen LogP contribution in [0.5, 0.6) is 0 Å². The first-order chi connectivity index (χ1) is 17.5. The summed E-state index contributed by atoms with van der Waals surface area (Å²) in [4.78, 5) is 17.9. The standard InChI is InChI=1S/C28H36FN3O4/c1-21(30-34)24-7-3-22(4-8-24)19-27(33)32(20-23-5-9-25(29)10-6-23)26-11-14-31(15-12-26)16-13-28-35-17-2-18-36-28/h3-10,26,28,34H,2,11-20H2,1H3/b30-21+. The number of hydrogen-bond donors (Lipinski definition) is 1. The lowest BCUT2D eigenvalue weighted by Crippen LogP contribution is -2.48. The maximum atomic E-state index is 13.5. The van der Waals surface area contributed by atoms with Crippen LogP contribution in [0.1, 0.15) is 49.3 Å². The van der Waals surface area contributed by atoms with Gasteiger partial charge in [0.2, 0.25) is 5.91 Å². The van der Waals surface area contributed by atoms with Gasteiger partial charge in [-0.05, 0) is 55.0 Å². The molecule has 0 spiro atoms. The van der Waals surface area contributed by atoms with Gasteiger partial charge in [0.05, 0.1) is 25.3 Å². The number of amides is 1. The lowest BCUT2D eigenvalue weighted by atomic mass is 10.00. The predicted octanol–water partition coefficient (Wildman–Crippen LogP) is 4.21. The van der Waals surface area contributed by atoms with Crippen molar-refractivity contribution in [3.8, 4) is 0 Å². The van der Waals surface area contributed by atoms with Crippen molar-refractivity contribution in [3.63, 3.8) is 0 Å². The van der Waals surface area contributed by atoms with Crippen molar-refractivity contribution < 1.29 is 23.9 Å². The fraction of sp³-hybridized carbons (Fsp3) is 0.500. The number of carbonyl (C=O) groups is 1. The van der Waals surface area contributed by atoms with E-state index in [1.807, 2.05) is 29.2 Å². The molecule has 7 nitrogen and oxygen atoms in total. The summed E-state index contributed by atoms with van der Waals surface area (Å²) in [5, 5.41) is 12.2. The summed E-state index contributed by atoms with van der Waals surface area (Å²) in [6.45, 7) is 6.48. The van der Waals surface area contributed by atoms with E-state index in [4.69, 9.17) is 14.7 Å². The third-order valence-electron chi connectivity index (χ3n) is 7.04. The van der Waals surface area contributed by atoms with Crippen molar-refractivity contribution in [1.82, 2.24) is 9.80 Å². The molecule has 8 heteroatoms. The molecule has 2 fully saturated rings. The van der Waals surface area contributed by atoms with Gasteiger partial charge in [-0.1, -0.05) is 41.6 Å². The van der Waals surface area contributed by atoms with Crippen molar-refractivity contribution in [2.24, 2.45) is 5.16 Å². The predicted molar refractivity (Wildman–Crippen MR) is 135 cm³/mol. The van der Waals surface area contributed by atoms with Gasteiger partial charge in [0.15, 0.2) is 6.29 Å². The van der Waals surface area contributed by atoms with Crippen LogP contribution >= 0.6 is 0 Å². The maximum absolute atomic E-state index is 13.5. The number of rotatable bonds is 9. The number of hydrogen-bond acceptors (Lipinski definition) is 6. The number of carbonyl (C=O) groups excluding carboxylic acids is 1. The molecule has 2 aromatic carbocycles. The van der Waals surface area contributed by atoms with Gasteiger partial charge in [0.25, 0.3) is 0 Å². The van der Waals surface area contributed by atoms with Crippen LogP contribution < -0.4 is 0 Å². The van der Waals surface area contributed by atoms with Crippen LogP contribution in [0.4, 0.5) is 4.39 Å². The van der Waals surface area contributed by atoms with Crippen LogP contribution in [0.3, 0.4) is 0 Å². The molecule has 4 rings (SSSR count). The molecule has 36 heavy (non-hydrogen) atoms. The lowest BCUT2D eigenvalue weighted by Gasteiger charge is -2.39. The maximum Gasteiger partial charge on any atom is 0.227 e. The number of nitrogens with zero attached hydrogens (tertiary/aromatic N) is 3. The summed E-state index contributed by atoms with van der Waals surface area (Å²) < 4.78 is 24.8. The minimum atomic E-state index is -0.280. The largest absolute Gasteiger partial charge is 0.411 e. The third kappa shape index (κ3) is 7.35. The van der Waals surface area contributed by atoms with Crippen molar-refractivity contribution in [2.75, 3.05) is 32.8 Å². The Balaban J connectivity index is 1.38. The second-order valence-corrected chi connectivity index (χ2v) is 9.59. The van der Waals surface area contributed by atoms with Crippen molar-refractivity contribution in [3.05, 3.63) is 71.0 Å². The number of benzene rings is 2. The second-order valence-electron chi connectivity index (χ2n) is 9.59. The third-order valence-corrected chi connectivity index (χ3v) is 7.04. The minimum Gasteiger partial charge on any atom is -0.411 e. The van der Waals surface area contributed by atoms with E-state index < -0.39 is 0 Å². The topological polar surface area (TPSA) is 74.6 Å². The van der Waals surface area contributed by atoms with E-state index in [2.05, 4.69) is 10.1 Å². The number of ether oxygens (including phenoxy) is 2. The molecule has 2 heterocycles. The monoisotopic (exact) mass is 497 g/mol. The van der Waals surface area contributed by atoms with E-state index >= 15 is 0 Å². The smallest absolute Gasteiger partial charge is 0.227 e. The first kappa shape index (κ1) is 26.3. The molecule has 1 amide bonds. The normalized spacial score (nSPS) is 18.3. The van der Waals surface area contributed by atoms with Crippen molar-refractivity contribution >= 4 is 11.6 Å². The molecule has 0 atom stereocenters. The SMILES string of the molecule is C/C(=N\O)c1ccc(CC(=O)N(Cc2ccc(F)cc2)C2CCN(CCC3OCCCO3)CC2)cc1. The Morgan fingerprint density at radius 2 is 1.69 bits per heavy atom. The summed E-state index contributed by atoms with van der Waals surface area (Å²) in [6.07, 6.45) is 3.79. The molecule has 0 aromatic heterocycles. The van der Waals surface area contributed by atoms with Gasteiger partial charge in [0.1, 0.15) is 5.82 Å². The number of oxime groups is 1. The molecular weight excluding hydrogens is 461 g/mol. The van der Waals surface area contributed by atoms with Gasteiger partial charge >= 0.3 is 0 Å². The quantitative estimate of drug-likeness (QED) is 0.319. The molecule has 0 aliphatic carbocycles. The fourth-order valence-electron chi connectivity index (χ4n) is 4.85. The molecular formula is C28H36FN3O4. The van der Waals surface area contributed by atoms with E-state index in [9.17, 15) is 9.18 Å². The van der Waals surface area contributed by atoms with Crippen LogP contribution in [0.2, 0.25) is 0 Å². The summed E-state index contributed by atoms with van der Waals surface area (Å²) in [5.74, 6) is -0.222. The average Bonchev–Trinajstić information content (AvgIpc) is 2.92. The Morgan fingerprint density at radius 1 is 1.06 bits per heavy atom. The Morgan fingerprint density at radius 3 is 2.33 bits per heavy atom. The van der Waals surface area contributed by atoms with Crippen LogP contribution in [-0.2, 0) is 27.2 Å². The number of likely N-dealkylation sites (tertiary alicyclic amines) is 1. The highest BCUT2D eigenvalue weighted by atomic mass is 19.1. The molecule has 2 aliphatic rings. The Bertz CT molecular complexity index is 998. The Kier molecular flexibility index (Phi) is 9.44. The van der Waals surface area contributed by atoms with Gasteiger partial charge in [-0.3, -0.25) is 4.79 Å². The van der Waals surface area contributed by atoms with Crippen LogP contribution in [0.25, 0.3) is 0 Å². The van der Waals surface area contributed by atoms with Gasteiger partial charge in [-0.25, -0.2) is 4.39 Å². The minimum absolute atomic E-state index is 0.0575. The first-order valence-electron chi connectivity index (χ1n) is 12.8. The fourth-order valence-corrected chi connectivity index (χ4v) is 4.85. The van der Waals surface area contributed by atoms with E-state index in [1.165, 1.54) is 12.1 Å². The highest BCUT2D eigenvalue weighted by molar-refractivity contribution is 5.98. The zero-order valence-electron chi connectivity index (χ0n) is 20.9. The molecule has 2 saturated heterocycles. The van der Waals surface area contributed by atoms with Crippen LogP contribution in [0, 0.1) is 5.82 Å². The van der Waals surface area contributed by atoms with Crippen LogP contribution in [-0.4, -0.2) is 71.8 Å². The molecule has 0 saturated carbocycles. The molecule has 194 valence electrons. The first-order valence-corrected chi connectivity index (χ1v) is 12.8. The Labute approximate surface area is 212 Å². The number of piperidine rings is 1. The molecule has 2 aromatic rings. The van der Waals surface area contributed by atoms with Gasteiger partial charge < -0.3 is 24.5 Å². The summed E-state index contributed by atoms with van der Waals surface area (Å²) in [6, 6.07) is 14.0. The molecule has 2 aliphatic heterocycles. The van der Waals surface area contributed by atoms with E-state index in [-0.39, 0.29) is 30.5 Å². The van der Waals surface area contributed by atoms with Crippen molar-refractivity contribution in [1.29, 1.82) is 0 Å². The summed E-state index contributed by atoms with van der Waals surface area (Å²) in [5.41, 5.74) is 3.17. The molecule has 0 unspecified atom stereocenters. The molecule has 1 N–H and O–H groups in total. The number of halogens is 1. The van der Waals surface area contributed by atoms with Crippen LogP contribution in [0.15, 0.2) is 53.7 Å². The lowest BCUT2D eigenvalue weighted by molar-refractivity contribution is -0.182. The zero-order valence-corrected chi connectivity index (χ0v) is 20.9. The summed E-state index contributed by atoms with van der Waals surface area (Å²) in [7, 11) is 0. The Hall–Kier alpha value is -2.81. The van der Waals surface area contributed by atoms with Gasteiger partial charge in [-0.15, -0.1) is 0 Å². The second kappa shape index (κ2) is 12.9. The average molecular weight is 498 g/mol. The highest BCUT2D eigenvalue weighted by Gasteiger charge is 2.28. The van der Waals surface area contributed by atoms with E-state index in [0.717, 1.165) is 75.2 Å². The highest BCUT2D eigenvalue weighted by Crippen LogP contribution is 2.22. The molecule has 0 bridgehead atoms. The summed E-state index contributed by atoms with van der Waals surface area (Å²) >= 11 is 0. The molecule has 0 radical (unpaired) electrons. The van der Waals surface area contributed by atoms with E-state index in [1.54, 1.807) is 19.1 Å². The van der Waals surface area contributed by atoms with E-state index in [0.29, 0.717) is 12.3 Å². The van der Waals surface area contributed by atoms with Crippen molar-refractivity contribution in [2.45, 2.75) is 57.9 Å². The van der Waals surface area contributed by atoms with Gasteiger partial charge in [-0.2, -0.15) is 0 Å².